The second-order valence-corrected chi connectivity index (χ2v) is 17.1. The summed E-state index contributed by atoms with van der Waals surface area (Å²) in [4.78, 5) is 2.63. The van der Waals surface area contributed by atoms with Crippen molar-refractivity contribution in [2.45, 2.75) is 43.9 Å². The second-order valence-electron chi connectivity index (χ2n) is 17.1. The van der Waals surface area contributed by atoms with Gasteiger partial charge in [-0.3, -0.25) is 0 Å². The number of anilines is 3. The van der Waals surface area contributed by atoms with E-state index < -0.39 is 0 Å². The Hall–Kier alpha value is -6.96. The lowest BCUT2D eigenvalue weighted by atomic mass is 9.77. The minimum Gasteiger partial charge on any atom is -0.309 e. The molecule has 1 nitrogen and oxygen atoms in total. The average molecular weight is 784 g/mol. The first-order chi connectivity index (χ1) is 30.2. The van der Waals surface area contributed by atoms with Crippen molar-refractivity contribution in [3.63, 3.8) is 0 Å². The summed E-state index contributed by atoms with van der Waals surface area (Å²) in [5.41, 5.74) is 20.6. The number of hydrogen-bond acceptors (Lipinski definition) is 1. The molecule has 3 aliphatic rings. The highest BCUT2D eigenvalue weighted by atomic mass is 15.2. The van der Waals surface area contributed by atoms with Crippen LogP contribution in [0.2, 0.25) is 0 Å². The molecule has 2 atom stereocenters. The Morgan fingerprint density at radius 2 is 0.934 bits per heavy atom. The maximum atomic E-state index is 2.63. The molecule has 0 bridgehead atoms. The third-order valence-electron chi connectivity index (χ3n) is 13.8. The van der Waals surface area contributed by atoms with Crippen LogP contribution < -0.4 is 4.90 Å². The Labute approximate surface area is 361 Å². The Morgan fingerprint density at radius 3 is 1.64 bits per heavy atom. The molecule has 1 spiro atoms. The Bertz CT molecular complexity index is 2950. The van der Waals surface area contributed by atoms with Gasteiger partial charge in [0.25, 0.3) is 0 Å². The minimum atomic E-state index is 0.0552. The van der Waals surface area contributed by atoms with Gasteiger partial charge in [0.2, 0.25) is 0 Å². The molecule has 0 N–H and O–H groups in total. The predicted octanol–water partition coefficient (Wildman–Crippen LogP) is 16.4. The van der Waals surface area contributed by atoms with Gasteiger partial charge < -0.3 is 4.90 Å². The van der Waals surface area contributed by atoms with E-state index in [1.165, 1.54) is 115 Å². The molecule has 61 heavy (non-hydrogen) atoms. The topological polar surface area (TPSA) is 3.24 Å². The summed E-state index contributed by atoms with van der Waals surface area (Å²) < 4.78 is 0. The molecule has 0 aromatic heterocycles. The fourth-order valence-corrected chi connectivity index (χ4v) is 11.0. The molecular weight excluding hydrogens is 735 g/mol. The molecule has 1 saturated carbocycles. The van der Waals surface area contributed by atoms with Crippen LogP contribution in [0.5, 0.6) is 0 Å². The van der Waals surface area contributed by atoms with E-state index >= 15 is 0 Å². The van der Waals surface area contributed by atoms with Crippen molar-refractivity contribution in [3.05, 3.63) is 241 Å². The number of allylic oxidation sites excluding steroid dienone is 4. The lowest BCUT2D eigenvalue weighted by molar-refractivity contribution is 0.550. The van der Waals surface area contributed by atoms with Crippen molar-refractivity contribution in [3.8, 4) is 44.5 Å². The van der Waals surface area contributed by atoms with Crippen LogP contribution in [0.15, 0.2) is 218 Å². The van der Waals surface area contributed by atoms with Gasteiger partial charge >= 0.3 is 0 Å². The minimum absolute atomic E-state index is 0.0552. The second kappa shape index (κ2) is 15.6. The molecule has 0 heterocycles. The monoisotopic (exact) mass is 783 g/mol. The fraction of sp³-hybridized carbons (Fsp3) is 0.133. The molecule has 3 aliphatic carbocycles. The van der Waals surface area contributed by atoms with E-state index in [-0.39, 0.29) is 17.3 Å². The van der Waals surface area contributed by atoms with Crippen molar-refractivity contribution in [1.29, 1.82) is 0 Å². The van der Waals surface area contributed by atoms with Gasteiger partial charge in [0.05, 0.1) is 11.4 Å². The lowest BCUT2D eigenvalue weighted by Crippen LogP contribution is -2.21. The SMILES string of the molecule is CC1C=C(c2ccccc2)C=CC1c1ccccc1N(c1ccccc1-c1ccccc1-c1ccccc1-c1ccccc1)c1cccc2c1-c1ccccc1C21CCCC1. The highest BCUT2D eigenvalue weighted by Gasteiger charge is 2.46. The number of hydrogen-bond donors (Lipinski definition) is 0. The molecule has 8 aromatic carbocycles. The van der Waals surface area contributed by atoms with Gasteiger partial charge in [-0.2, -0.15) is 0 Å². The maximum absolute atomic E-state index is 2.63. The van der Waals surface area contributed by atoms with Crippen LogP contribution in [0.25, 0.3) is 50.1 Å². The molecule has 0 amide bonds. The van der Waals surface area contributed by atoms with Crippen molar-refractivity contribution >= 4 is 22.6 Å². The zero-order valence-electron chi connectivity index (χ0n) is 34.7. The van der Waals surface area contributed by atoms with Gasteiger partial charge in [-0.25, -0.2) is 0 Å². The van der Waals surface area contributed by atoms with Crippen LogP contribution in [-0.4, -0.2) is 0 Å². The first-order valence-corrected chi connectivity index (χ1v) is 22.1. The normalized spacial score (nSPS) is 17.2. The van der Waals surface area contributed by atoms with E-state index in [1.54, 1.807) is 0 Å². The fourth-order valence-electron chi connectivity index (χ4n) is 11.0. The molecule has 1 fully saturated rings. The molecular formula is C60H49N. The van der Waals surface area contributed by atoms with Crippen molar-refractivity contribution < 1.29 is 0 Å². The molecule has 8 aromatic rings. The van der Waals surface area contributed by atoms with E-state index in [0.717, 1.165) is 0 Å². The molecule has 0 saturated heterocycles. The summed E-state index contributed by atoms with van der Waals surface area (Å²) >= 11 is 0. The van der Waals surface area contributed by atoms with Crippen molar-refractivity contribution in [1.82, 2.24) is 0 Å². The Morgan fingerprint density at radius 1 is 0.426 bits per heavy atom. The third kappa shape index (κ3) is 6.30. The number of benzene rings is 8. The van der Waals surface area contributed by atoms with Crippen LogP contribution in [0.1, 0.15) is 60.8 Å². The van der Waals surface area contributed by atoms with Gasteiger partial charge in [0.1, 0.15) is 0 Å². The van der Waals surface area contributed by atoms with E-state index in [4.69, 9.17) is 0 Å². The Balaban J connectivity index is 1.15. The van der Waals surface area contributed by atoms with Crippen LogP contribution in [-0.2, 0) is 5.41 Å². The third-order valence-corrected chi connectivity index (χ3v) is 13.8. The maximum Gasteiger partial charge on any atom is 0.0543 e. The number of nitrogens with zero attached hydrogens (tertiary/aromatic N) is 1. The molecule has 11 rings (SSSR count). The number of fused-ring (bicyclic) bond motifs is 5. The average Bonchev–Trinajstić information content (AvgIpc) is 3.94. The summed E-state index contributed by atoms with van der Waals surface area (Å²) in [6.45, 7) is 2.38. The van der Waals surface area contributed by atoms with Crippen molar-refractivity contribution in [2.75, 3.05) is 4.90 Å². The Kier molecular flexibility index (Phi) is 9.46. The molecule has 0 radical (unpaired) electrons. The molecule has 1 heteroatoms. The van der Waals surface area contributed by atoms with Gasteiger partial charge in [0.15, 0.2) is 0 Å². The lowest BCUT2D eigenvalue weighted by Gasteiger charge is -2.35. The van der Waals surface area contributed by atoms with Crippen LogP contribution in [0, 0.1) is 5.92 Å². The van der Waals surface area contributed by atoms with E-state index in [0.29, 0.717) is 0 Å². The molecule has 0 aliphatic heterocycles. The predicted molar refractivity (Wildman–Crippen MR) is 258 cm³/mol. The summed E-state index contributed by atoms with van der Waals surface area (Å²) in [5, 5.41) is 0. The zero-order chi connectivity index (χ0) is 40.8. The molecule has 2 unspecified atom stereocenters. The van der Waals surface area contributed by atoms with Crippen molar-refractivity contribution in [2.24, 2.45) is 5.92 Å². The summed E-state index contributed by atoms with van der Waals surface area (Å²) in [7, 11) is 0. The highest BCUT2D eigenvalue weighted by Crippen LogP contribution is 2.61. The van der Waals surface area contributed by atoms with Gasteiger partial charge in [-0.15, -0.1) is 0 Å². The van der Waals surface area contributed by atoms with Crippen LogP contribution in [0.4, 0.5) is 17.1 Å². The first kappa shape index (κ1) is 37.1. The first-order valence-electron chi connectivity index (χ1n) is 22.1. The highest BCUT2D eigenvalue weighted by molar-refractivity contribution is 6.01. The van der Waals surface area contributed by atoms with E-state index in [2.05, 4.69) is 230 Å². The quantitative estimate of drug-likeness (QED) is 0.148. The number of para-hydroxylation sites is 2. The number of rotatable bonds is 8. The van der Waals surface area contributed by atoms with Crippen LogP contribution >= 0.6 is 0 Å². The summed E-state index contributed by atoms with van der Waals surface area (Å²) in [5.74, 6) is 0.478. The standard InChI is InChI=1S/C60H49N/c1-42-41-45(43-21-4-2-5-22-43)37-38-46(42)51-29-13-16-34-56(51)61(58-36-20-33-55-59(58)53-31-12-15-32-54(53)60(55)39-18-19-40-60)57-35-17-14-30-52(57)50-28-11-10-27-49(50)48-26-9-8-25-47(48)44-23-6-3-7-24-44/h2-17,20-38,41-42,46H,18-19,39-40H2,1H3. The summed E-state index contributed by atoms with van der Waals surface area (Å²) in [6.07, 6.45) is 12.2. The largest absolute Gasteiger partial charge is 0.309 e. The van der Waals surface area contributed by atoms with Gasteiger partial charge in [0, 0.05) is 28.1 Å². The van der Waals surface area contributed by atoms with Gasteiger partial charge in [-0.1, -0.05) is 220 Å². The van der Waals surface area contributed by atoms with Gasteiger partial charge in [-0.05, 0) is 98.2 Å². The van der Waals surface area contributed by atoms with E-state index in [1.807, 2.05) is 0 Å². The zero-order valence-corrected chi connectivity index (χ0v) is 34.7. The smallest absolute Gasteiger partial charge is 0.0543 e. The van der Waals surface area contributed by atoms with E-state index in [9.17, 15) is 0 Å². The molecule has 294 valence electrons. The van der Waals surface area contributed by atoms with Crippen LogP contribution in [0.3, 0.4) is 0 Å². The summed E-state index contributed by atoms with van der Waals surface area (Å²) in [6, 6.07) is 74.3.